The van der Waals surface area contributed by atoms with Gasteiger partial charge in [0.05, 0.1) is 5.69 Å². The van der Waals surface area contributed by atoms with Crippen LogP contribution in [0.5, 0.6) is 0 Å². The second kappa shape index (κ2) is 5.73. The average molecular weight is 329 g/mol. The number of aromatic nitrogens is 1. The summed E-state index contributed by atoms with van der Waals surface area (Å²) < 4.78 is 6.11. The van der Waals surface area contributed by atoms with Crippen LogP contribution in [-0.4, -0.2) is 4.98 Å². The van der Waals surface area contributed by atoms with Crippen molar-refractivity contribution in [1.29, 1.82) is 0 Å². The SMILES string of the molecule is Cc1cc(-c2nccc3cc(C(C)C)ccc23)c2oc(C)c(C)c2c1. The van der Waals surface area contributed by atoms with Crippen molar-refractivity contribution >= 4 is 21.7 Å². The van der Waals surface area contributed by atoms with Gasteiger partial charge in [-0.25, -0.2) is 0 Å². The molecule has 0 spiro atoms. The average Bonchev–Trinajstić information content (AvgIpc) is 2.88. The fraction of sp³-hybridized carbons (Fsp3) is 0.261. The molecule has 4 aromatic rings. The lowest BCUT2D eigenvalue weighted by Crippen LogP contribution is -1.91. The maximum atomic E-state index is 6.11. The molecule has 0 amide bonds. The molecule has 0 saturated heterocycles. The molecule has 0 aliphatic carbocycles. The van der Waals surface area contributed by atoms with E-state index in [-0.39, 0.29) is 0 Å². The quantitative estimate of drug-likeness (QED) is 0.409. The van der Waals surface area contributed by atoms with Crippen LogP contribution in [0.3, 0.4) is 0 Å². The molecule has 25 heavy (non-hydrogen) atoms. The molecular formula is C23H23NO. The summed E-state index contributed by atoms with van der Waals surface area (Å²) in [7, 11) is 0. The summed E-state index contributed by atoms with van der Waals surface area (Å²) in [4.78, 5) is 4.72. The molecule has 0 aliphatic rings. The van der Waals surface area contributed by atoms with E-state index in [1.807, 2.05) is 13.1 Å². The van der Waals surface area contributed by atoms with Gasteiger partial charge in [-0.3, -0.25) is 4.98 Å². The maximum absolute atomic E-state index is 6.11. The highest BCUT2D eigenvalue weighted by Gasteiger charge is 2.16. The van der Waals surface area contributed by atoms with Crippen LogP contribution in [0.4, 0.5) is 0 Å². The Hall–Kier alpha value is -2.61. The van der Waals surface area contributed by atoms with Crippen molar-refractivity contribution in [2.75, 3.05) is 0 Å². The van der Waals surface area contributed by atoms with Gasteiger partial charge in [0, 0.05) is 22.5 Å². The maximum Gasteiger partial charge on any atom is 0.143 e. The Morgan fingerprint density at radius 3 is 2.48 bits per heavy atom. The Morgan fingerprint density at radius 2 is 1.72 bits per heavy atom. The number of furan rings is 1. The van der Waals surface area contributed by atoms with Crippen LogP contribution < -0.4 is 0 Å². The molecule has 0 bridgehead atoms. The van der Waals surface area contributed by atoms with E-state index in [1.165, 1.54) is 32.8 Å². The number of nitrogens with zero attached hydrogens (tertiary/aromatic N) is 1. The molecule has 0 radical (unpaired) electrons. The number of pyridine rings is 1. The van der Waals surface area contributed by atoms with Crippen LogP contribution >= 0.6 is 0 Å². The van der Waals surface area contributed by atoms with Gasteiger partial charge >= 0.3 is 0 Å². The van der Waals surface area contributed by atoms with Gasteiger partial charge in [0.25, 0.3) is 0 Å². The Kier molecular flexibility index (Phi) is 3.64. The predicted molar refractivity (Wildman–Crippen MR) is 105 cm³/mol. The summed E-state index contributed by atoms with van der Waals surface area (Å²) in [6.45, 7) is 10.7. The largest absolute Gasteiger partial charge is 0.460 e. The topological polar surface area (TPSA) is 26.0 Å². The first-order valence-electron chi connectivity index (χ1n) is 8.85. The van der Waals surface area contributed by atoms with Gasteiger partial charge in [0.1, 0.15) is 11.3 Å². The van der Waals surface area contributed by atoms with Crippen molar-refractivity contribution in [3.8, 4) is 11.3 Å². The number of aryl methyl sites for hydroxylation is 3. The van der Waals surface area contributed by atoms with Crippen molar-refractivity contribution in [2.24, 2.45) is 0 Å². The van der Waals surface area contributed by atoms with Crippen LogP contribution in [0, 0.1) is 20.8 Å². The van der Waals surface area contributed by atoms with Crippen molar-refractivity contribution in [3.05, 3.63) is 65.0 Å². The molecule has 0 saturated carbocycles. The lowest BCUT2D eigenvalue weighted by atomic mass is 9.96. The standard InChI is InChI=1S/C23H23NO/c1-13(2)17-6-7-19-18(12-17)8-9-24-22(19)21-11-14(3)10-20-15(4)16(5)25-23(20)21/h6-13H,1-5H3. The number of hydrogen-bond donors (Lipinski definition) is 0. The Labute approximate surface area is 148 Å². The van der Waals surface area contributed by atoms with E-state index in [1.54, 1.807) is 0 Å². The van der Waals surface area contributed by atoms with Crippen molar-refractivity contribution < 1.29 is 4.42 Å². The van der Waals surface area contributed by atoms with E-state index in [9.17, 15) is 0 Å². The second-order valence-electron chi connectivity index (χ2n) is 7.27. The summed E-state index contributed by atoms with van der Waals surface area (Å²) in [5.41, 5.74) is 6.80. The smallest absolute Gasteiger partial charge is 0.143 e. The summed E-state index contributed by atoms with van der Waals surface area (Å²) in [6.07, 6.45) is 1.90. The Morgan fingerprint density at radius 1 is 0.920 bits per heavy atom. The number of fused-ring (bicyclic) bond motifs is 2. The zero-order valence-electron chi connectivity index (χ0n) is 15.5. The van der Waals surface area contributed by atoms with E-state index in [2.05, 4.69) is 64.1 Å². The fourth-order valence-corrected chi connectivity index (χ4v) is 3.53. The second-order valence-corrected chi connectivity index (χ2v) is 7.27. The van der Waals surface area contributed by atoms with E-state index >= 15 is 0 Å². The molecule has 0 unspecified atom stereocenters. The fourth-order valence-electron chi connectivity index (χ4n) is 3.53. The van der Waals surface area contributed by atoms with Crippen LogP contribution in [0.15, 0.2) is 47.0 Å². The lowest BCUT2D eigenvalue weighted by molar-refractivity contribution is 0.576. The van der Waals surface area contributed by atoms with Gasteiger partial charge in [0.2, 0.25) is 0 Å². The van der Waals surface area contributed by atoms with E-state index < -0.39 is 0 Å². The molecular weight excluding hydrogens is 306 g/mol. The van der Waals surface area contributed by atoms with Crippen LogP contribution in [0.1, 0.15) is 42.2 Å². The molecule has 2 nitrogen and oxygen atoms in total. The summed E-state index contributed by atoms with van der Waals surface area (Å²) in [5.74, 6) is 1.49. The van der Waals surface area contributed by atoms with E-state index in [4.69, 9.17) is 9.40 Å². The third-order valence-corrected chi connectivity index (χ3v) is 5.13. The summed E-state index contributed by atoms with van der Waals surface area (Å²) in [6, 6.07) is 13.2. The summed E-state index contributed by atoms with van der Waals surface area (Å²) >= 11 is 0. The summed E-state index contributed by atoms with van der Waals surface area (Å²) in [5, 5.41) is 3.58. The molecule has 4 rings (SSSR count). The number of hydrogen-bond acceptors (Lipinski definition) is 2. The van der Waals surface area contributed by atoms with Crippen LogP contribution in [0.2, 0.25) is 0 Å². The number of benzene rings is 2. The van der Waals surface area contributed by atoms with Gasteiger partial charge in [-0.05, 0) is 67.0 Å². The first kappa shape index (κ1) is 15.9. The van der Waals surface area contributed by atoms with Gasteiger partial charge in [-0.1, -0.05) is 32.0 Å². The molecule has 2 aromatic heterocycles. The normalized spacial score (nSPS) is 11.8. The molecule has 0 aliphatic heterocycles. The molecule has 0 fully saturated rings. The highest BCUT2D eigenvalue weighted by molar-refractivity contribution is 6.03. The van der Waals surface area contributed by atoms with Gasteiger partial charge in [-0.15, -0.1) is 0 Å². The molecule has 0 N–H and O–H groups in total. The predicted octanol–water partition coefficient (Wildman–Crippen LogP) is 6.70. The first-order chi connectivity index (χ1) is 12.0. The lowest BCUT2D eigenvalue weighted by Gasteiger charge is -2.11. The zero-order chi connectivity index (χ0) is 17.7. The zero-order valence-corrected chi connectivity index (χ0v) is 15.5. The molecule has 2 aromatic carbocycles. The Balaban J connectivity index is 2.05. The van der Waals surface area contributed by atoms with Crippen LogP contribution in [-0.2, 0) is 0 Å². The third-order valence-electron chi connectivity index (χ3n) is 5.13. The van der Waals surface area contributed by atoms with E-state index in [0.717, 1.165) is 22.6 Å². The first-order valence-corrected chi connectivity index (χ1v) is 8.85. The Bertz CT molecular complexity index is 1100. The van der Waals surface area contributed by atoms with Crippen molar-refractivity contribution in [3.63, 3.8) is 0 Å². The minimum atomic E-state index is 0.516. The highest BCUT2D eigenvalue weighted by atomic mass is 16.3. The van der Waals surface area contributed by atoms with Crippen molar-refractivity contribution in [1.82, 2.24) is 4.98 Å². The molecule has 0 atom stereocenters. The molecule has 2 heterocycles. The molecule has 126 valence electrons. The third kappa shape index (κ3) is 2.53. The number of rotatable bonds is 2. The molecule has 2 heteroatoms. The van der Waals surface area contributed by atoms with Gasteiger partial charge in [0.15, 0.2) is 0 Å². The minimum absolute atomic E-state index is 0.516. The minimum Gasteiger partial charge on any atom is -0.460 e. The highest BCUT2D eigenvalue weighted by Crippen LogP contribution is 2.37. The van der Waals surface area contributed by atoms with E-state index in [0.29, 0.717) is 5.92 Å². The van der Waals surface area contributed by atoms with Gasteiger partial charge in [-0.2, -0.15) is 0 Å². The monoisotopic (exact) mass is 329 g/mol. The van der Waals surface area contributed by atoms with Gasteiger partial charge < -0.3 is 4.42 Å². The van der Waals surface area contributed by atoms with Crippen LogP contribution in [0.25, 0.3) is 33.0 Å². The van der Waals surface area contributed by atoms with Crippen molar-refractivity contribution in [2.45, 2.75) is 40.5 Å².